The molecule has 0 amide bonds. The second-order valence-corrected chi connectivity index (χ2v) is 10.0. The molecular weight excluding hydrogens is 488 g/mol. The molecule has 188 valence electrons. The summed E-state index contributed by atoms with van der Waals surface area (Å²) in [7, 11) is 0. The van der Waals surface area contributed by atoms with E-state index in [4.69, 9.17) is 9.40 Å². The third-order valence-corrected chi connectivity index (χ3v) is 7.62. The molecule has 0 N–H and O–H groups in total. The van der Waals surface area contributed by atoms with Gasteiger partial charge in [0.05, 0.1) is 17.1 Å². The molecule has 0 spiro atoms. The van der Waals surface area contributed by atoms with Crippen LogP contribution in [0.3, 0.4) is 0 Å². The van der Waals surface area contributed by atoms with Gasteiger partial charge in [0, 0.05) is 27.6 Å². The van der Waals surface area contributed by atoms with E-state index >= 15 is 0 Å². The molecule has 1 aliphatic heterocycles. The van der Waals surface area contributed by atoms with E-state index in [-0.39, 0.29) is 0 Å². The molecular formula is C37H24N2O. The maximum absolute atomic E-state index is 6.58. The topological polar surface area (TPSA) is 29.3 Å². The molecule has 40 heavy (non-hydrogen) atoms. The number of fused-ring (bicyclic) bond motifs is 7. The minimum Gasteiger partial charge on any atom is -0.455 e. The van der Waals surface area contributed by atoms with E-state index in [0.717, 1.165) is 73.0 Å². The smallest absolute Gasteiger partial charge is 0.145 e. The van der Waals surface area contributed by atoms with Gasteiger partial charge in [-0.25, -0.2) is 4.98 Å². The molecule has 2 aromatic heterocycles. The fourth-order valence-corrected chi connectivity index (χ4v) is 5.80. The number of aromatic nitrogens is 1. The van der Waals surface area contributed by atoms with Gasteiger partial charge in [0.15, 0.2) is 0 Å². The van der Waals surface area contributed by atoms with Crippen LogP contribution in [0.2, 0.25) is 0 Å². The van der Waals surface area contributed by atoms with Crippen LogP contribution in [-0.2, 0) is 0 Å². The molecule has 0 atom stereocenters. The lowest BCUT2D eigenvalue weighted by Crippen LogP contribution is -2.13. The molecule has 1 aliphatic rings. The maximum atomic E-state index is 6.58. The zero-order valence-electron chi connectivity index (χ0n) is 21.7. The number of pyridine rings is 1. The van der Waals surface area contributed by atoms with E-state index in [0.29, 0.717) is 0 Å². The Morgan fingerprint density at radius 3 is 1.88 bits per heavy atom. The van der Waals surface area contributed by atoms with Gasteiger partial charge in [0.1, 0.15) is 17.2 Å². The molecule has 3 heterocycles. The Labute approximate surface area is 232 Å². The SMILES string of the molecule is c1ccc(-c2cc(-c3ccccc3)nc(N3c4ccccc4-c4oc5ccccc5c4-c4ccccc43)c2)cc1. The van der Waals surface area contributed by atoms with Crippen molar-refractivity contribution in [3.8, 4) is 44.8 Å². The van der Waals surface area contributed by atoms with Crippen molar-refractivity contribution < 1.29 is 4.42 Å². The lowest BCUT2D eigenvalue weighted by atomic mass is 9.98. The Morgan fingerprint density at radius 1 is 0.500 bits per heavy atom. The quantitative estimate of drug-likeness (QED) is 0.236. The highest BCUT2D eigenvalue weighted by Crippen LogP contribution is 2.53. The van der Waals surface area contributed by atoms with Crippen LogP contribution in [0, 0.1) is 0 Å². The minimum absolute atomic E-state index is 0.856. The van der Waals surface area contributed by atoms with E-state index in [1.165, 1.54) is 0 Å². The third-order valence-electron chi connectivity index (χ3n) is 7.62. The Balaban J connectivity index is 1.45. The Bertz CT molecular complexity index is 1950. The number of nitrogens with zero attached hydrogens (tertiary/aromatic N) is 2. The highest BCUT2D eigenvalue weighted by molar-refractivity contribution is 6.10. The van der Waals surface area contributed by atoms with E-state index in [1.807, 2.05) is 18.2 Å². The molecule has 0 fully saturated rings. The first-order valence-corrected chi connectivity index (χ1v) is 13.5. The number of benzene rings is 5. The highest BCUT2D eigenvalue weighted by atomic mass is 16.3. The Kier molecular flexibility index (Phi) is 5.14. The van der Waals surface area contributed by atoms with Crippen LogP contribution in [0.5, 0.6) is 0 Å². The first-order chi connectivity index (χ1) is 19.8. The second kappa shape index (κ2) is 9.11. The molecule has 3 heteroatoms. The van der Waals surface area contributed by atoms with Gasteiger partial charge in [0.2, 0.25) is 0 Å². The monoisotopic (exact) mass is 512 g/mol. The van der Waals surface area contributed by atoms with Crippen LogP contribution in [0.4, 0.5) is 17.2 Å². The minimum atomic E-state index is 0.856. The summed E-state index contributed by atoms with van der Waals surface area (Å²) in [5, 5.41) is 1.11. The van der Waals surface area contributed by atoms with Crippen molar-refractivity contribution in [3.63, 3.8) is 0 Å². The van der Waals surface area contributed by atoms with Crippen LogP contribution in [0.25, 0.3) is 55.8 Å². The van der Waals surface area contributed by atoms with Gasteiger partial charge in [-0.2, -0.15) is 0 Å². The number of anilines is 3. The summed E-state index contributed by atoms with van der Waals surface area (Å²) in [6, 6.07) is 50.6. The summed E-state index contributed by atoms with van der Waals surface area (Å²) < 4.78 is 6.58. The second-order valence-electron chi connectivity index (χ2n) is 10.0. The van der Waals surface area contributed by atoms with E-state index < -0.39 is 0 Å². The van der Waals surface area contributed by atoms with Gasteiger partial charge < -0.3 is 4.42 Å². The number of hydrogen-bond donors (Lipinski definition) is 0. The fraction of sp³-hybridized carbons (Fsp3) is 0. The first-order valence-electron chi connectivity index (χ1n) is 13.5. The Morgan fingerprint density at radius 2 is 1.10 bits per heavy atom. The summed E-state index contributed by atoms with van der Waals surface area (Å²) in [4.78, 5) is 7.58. The number of para-hydroxylation sites is 3. The van der Waals surface area contributed by atoms with Crippen LogP contribution in [0.1, 0.15) is 0 Å². The molecule has 3 nitrogen and oxygen atoms in total. The lowest BCUT2D eigenvalue weighted by molar-refractivity contribution is 0.633. The summed E-state index contributed by atoms with van der Waals surface area (Å²) in [6.07, 6.45) is 0. The molecule has 0 unspecified atom stereocenters. The molecule has 0 radical (unpaired) electrons. The van der Waals surface area contributed by atoms with Crippen LogP contribution < -0.4 is 4.90 Å². The Hall–Kier alpha value is -5.41. The average molecular weight is 513 g/mol. The standard InChI is InChI=1S/C37H24N2O/c1-3-13-25(14-4-1)27-23-31(26-15-5-2-6-16-26)38-35(24-27)39-32-20-10-7-17-28(32)36-30-19-9-12-22-34(30)40-37(36)29-18-8-11-21-33(29)39/h1-24H. The summed E-state index contributed by atoms with van der Waals surface area (Å²) in [5.41, 5.74) is 10.5. The van der Waals surface area contributed by atoms with Gasteiger partial charge in [-0.3, -0.25) is 4.90 Å². The molecule has 8 rings (SSSR count). The maximum Gasteiger partial charge on any atom is 0.145 e. The molecule has 0 bridgehead atoms. The largest absolute Gasteiger partial charge is 0.455 e. The molecule has 5 aromatic carbocycles. The van der Waals surface area contributed by atoms with Crippen LogP contribution in [0.15, 0.2) is 150 Å². The molecule has 0 saturated heterocycles. The molecule has 0 saturated carbocycles. The fourth-order valence-electron chi connectivity index (χ4n) is 5.80. The molecule has 0 aliphatic carbocycles. The van der Waals surface area contributed by atoms with Gasteiger partial charge in [-0.1, -0.05) is 109 Å². The zero-order valence-corrected chi connectivity index (χ0v) is 21.7. The van der Waals surface area contributed by atoms with E-state index in [1.54, 1.807) is 0 Å². The van der Waals surface area contributed by atoms with Crippen molar-refractivity contribution in [1.82, 2.24) is 4.98 Å². The highest BCUT2D eigenvalue weighted by Gasteiger charge is 2.30. The third kappa shape index (κ3) is 3.56. The summed E-state index contributed by atoms with van der Waals surface area (Å²) in [5.74, 6) is 1.74. The average Bonchev–Trinajstić information content (AvgIpc) is 3.36. The zero-order chi connectivity index (χ0) is 26.5. The van der Waals surface area contributed by atoms with Crippen molar-refractivity contribution in [2.24, 2.45) is 0 Å². The number of rotatable bonds is 3. The first kappa shape index (κ1) is 22.6. The number of hydrogen-bond acceptors (Lipinski definition) is 3. The van der Waals surface area contributed by atoms with Crippen molar-refractivity contribution in [3.05, 3.63) is 146 Å². The normalized spacial score (nSPS) is 11.9. The van der Waals surface area contributed by atoms with Gasteiger partial charge in [-0.15, -0.1) is 0 Å². The predicted molar refractivity (Wildman–Crippen MR) is 164 cm³/mol. The van der Waals surface area contributed by atoms with Crippen molar-refractivity contribution >= 4 is 28.2 Å². The van der Waals surface area contributed by atoms with Crippen molar-refractivity contribution in [2.45, 2.75) is 0 Å². The van der Waals surface area contributed by atoms with Crippen molar-refractivity contribution in [2.75, 3.05) is 4.90 Å². The summed E-state index contributed by atoms with van der Waals surface area (Å²) in [6.45, 7) is 0. The summed E-state index contributed by atoms with van der Waals surface area (Å²) >= 11 is 0. The van der Waals surface area contributed by atoms with Crippen molar-refractivity contribution in [1.29, 1.82) is 0 Å². The van der Waals surface area contributed by atoms with Gasteiger partial charge in [0.25, 0.3) is 0 Å². The van der Waals surface area contributed by atoms with Gasteiger partial charge >= 0.3 is 0 Å². The molecule has 7 aromatic rings. The van der Waals surface area contributed by atoms with E-state index in [9.17, 15) is 0 Å². The van der Waals surface area contributed by atoms with E-state index in [2.05, 4.69) is 132 Å². The predicted octanol–water partition coefficient (Wildman–Crippen LogP) is 10.3. The van der Waals surface area contributed by atoms with Crippen LogP contribution >= 0.6 is 0 Å². The van der Waals surface area contributed by atoms with Crippen LogP contribution in [-0.4, -0.2) is 4.98 Å². The lowest BCUT2D eigenvalue weighted by Gasteiger charge is -2.27. The van der Waals surface area contributed by atoms with Gasteiger partial charge in [-0.05, 0) is 47.5 Å². The number of furan rings is 1.